The average molecular weight is 389 g/mol. The molecule has 21 heavy (non-hydrogen) atoms. The third-order valence-electron chi connectivity index (χ3n) is 3.29. The summed E-state index contributed by atoms with van der Waals surface area (Å²) in [7, 11) is 0. The van der Waals surface area contributed by atoms with Gasteiger partial charge in [0, 0.05) is 15.5 Å². The highest BCUT2D eigenvalue weighted by Gasteiger charge is 2.21. The first kappa shape index (κ1) is 16.9. The van der Waals surface area contributed by atoms with E-state index in [4.69, 9.17) is 11.6 Å². The van der Waals surface area contributed by atoms with Crippen LogP contribution in [0.4, 0.5) is 0 Å². The Kier molecular flexibility index (Phi) is 6.17. The van der Waals surface area contributed by atoms with Gasteiger partial charge in [0.15, 0.2) is 0 Å². The molecule has 1 aromatic heterocycles. The first-order valence-electron chi connectivity index (χ1n) is 7.02. The van der Waals surface area contributed by atoms with Gasteiger partial charge in [0.1, 0.15) is 0 Å². The Hall–Kier alpha value is -0.490. The fourth-order valence-corrected chi connectivity index (χ4v) is 3.89. The fraction of sp³-hybridized carbons (Fsp3) is 0.467. The molecule has 0 aliphatic heterocycles. The lowest BCUT2D eigenvalue weighted by Gasteiger charge is -2.19. The van der Waals surface area contributed by atoms with Crippen molar-refractivity contribution in [2.75, 3.05) is 6.54 Å². The molecule has 6 heteroatoms. The topological polar surface area (TPSA) is 37.8 Å². The van der Waals surface area contributed by atoms with E-state index in [9.17, 15) is 0 Å². The highest BCUT2D eigenvalue weighted by molar-refractivity contribution is 9.10. The lowest BCUT2D eigenvalue weighted by molar-refractivity contribution is 0.549. The van der Waals surface area contributed by atoms with Crippen LogP contribution in [-0.4, -0.2) is 16.1 Å². The van der Waals surface area contributed by atoms with E-state index >= 15 is 0 Å². The van der Waals surface area contributed by atoms with Crippen LogP contribution in [0.2, 0.25) is 5.02 Å². The minimum absolute atomic E-state index is 0.200. The van der Waals surface area contributed by atoms with Crippen molar-refractivity contribution in [3.05, 3.63) is 43.8 Å². The molecule has 3 nitrogen and oxygen atoms in total. The SMILES string of the molecule is CCNC(Cc1ccc(Br)cc1Cl)c1snnc1C(C)C. The van der Waals surface area contributed by atoms with Crippen LogP contribution in [0.3, 0.4) is 0 Å². The third-order valence-corrected chi connectivity index (χ3v) is 4.99. The molecular formula is C15H19BrClN3S. The number of rotatable bonds is 6. The molecule has 114 valence electrons. The summed E-state index contributed by atoms with van der Waals surface area (Å²) < 4.78 is 5.13. The lowest BCUT2D eigenvalue weighted by Crippen LogP contribution is -2.23. The summed E-state index contributed by atoms with van der Waals surface area (Å²) in [6.07, 6.45) is 0.837. The lowest BCUT2D eigenvalue weighted by atomic mass is 10.00. The summed E-state index contributed by atoms with van der Waals surface area (Å²) in [5.74, 6) is 0.375. The molecule has 1 heterocycles. The van der Waals surface area contributed by atoms with E-state index in [0.717, 1.165) is 33.7 Å². The highest BCUT2D eigenvalue weighted by atomic mass is 79.9. The second-order valence-electron chi connectivity index (χ2n) is 5.23. The summed E-state index contributed by atoms with van der Waals surface area (Å²) in [4.78, 5) is 1.21. The molecule has 2 aromatic rings. The van der Waals surface area contributed by atoms with Crippen LogP contribution in [0.25, 0.3) is 0 Å². The molecule has 0 saturated heterocycles. The summed E-state index contributed by atoms with van der Waals surface area (Å²) >= 11 is 11.3. The van der Waals surface area contributed by atoms with Crippen molar-refractivity contribution in [2.45, 2.75) is 39.2 Å². The standard InChI is InChI=1S/C15H19BrClN3S/c1-4-18-13(15-14(9(2)3)19-20-21-15)7-10-5-6-11(16)8-12(10)17/h5-6,8-9,13,18H,4,7H2,1-3H3. The van der Waals surface area contributed by atoms with Crippen molar-refractivity contribution in [3.8, 4) is 0 Å². The van der Waals surface area contributed by atoms with Gasteiger partial charge in [-0.1, -0.05) is 58.9 Å². The smallest absolute Gasteiger partial charge is 0.0829 e. The van der Waals surface area contributed by atoms with Crippen molar-refractivity contribution in [2.24, 2.45) is 0 Å². The molecule has 0 spiro atoms. The molecule has 2 rings (SSSR count). The zero-order valence-electron chi connectivity index (χ0n) is 12.4. The second kappa shape index (κ2) is 7.68. The van der Waals surface area contributed by atoms with Gasteiger partial charge in [0.2, 0.25) is 0 Å². The molecule has 0 aliphatic rings. The minimum Gasteiger partial charge on any atom is -0.309 e. The maximum atomic E-state index is 6.35. The number of nitrogens with one attached hydrogen (secondary N) is 1. The maximum absolute atomic E-state index is 6.35. The van der Waals surface area contributed by atoms with Crippen molar-refractivity contribution in [1.29, 1.82) is 0 Å². The van der Waals surface area contributed by atoms with Gasteiger partial charge in [0.25, 0.3) is 0 Å². The van der Waals surface area contributed by atoms with Gasteiger partial charge < -0.3 is 5.32 Å². The molecule has 1 unspecified atom stereocenters. The van der Waals surface area contributed by atoms with Crippen LogP contribution in [0.1, 0.15) is 48.9 Å². The Labute approximate surface area is 143 Å². The second-order valence-corrected chi connectivity index (χ2v) is 7.34. The van der Waals surface area contributed by atoms with E-state index in [1.807, 2.05) is 12.1 Å². The van der Waals surface area contributed by atoms with Gasteiger partial charge in [0.05, 0.1) is 10.6 Å². The predicted octanol–water partition coefficient (Wildman–Crippen LogP) is 4.97. The Balaban J connectivity index is 2.28. The van der Waals surface area contributed by atoms with Crippen LogP contribution in [-0.2, 0) is 6.42 Å². The zero-order chi connectivity index (χ0) is 15.4. The van der Waals surface area contributed by atoms with Gasteiger partial charge in [-0.05, 0) is 48.1 Å². The number of hydrogen-bond donors (Lipinski definition) is 1. The number of benzene rings is 1. The summed E-state index contributed by atoms with van der Waals surface area (Å²) in [5, 5.41) is 8.60. The summed E-state index contributed by atoms with van der Waals surface area (Å²) in [6.45, 7) is 7.31. The predicted molar refractivity (Wildman–Crippen MR) is 93.3 cm³/mol. The molecule has 0 bridgehead atoms. The van der Waals surface area contributed by atoms with E-state index in [-0.39, 0.29) is 6.04 Å². The largest absolute Gasteiger partial charge is 0.309 e. The summed E-state index contributed by atoms with van der Waals surface area (Å²) in [6, 6.07) is 6.23. The average Bonchev–Trinajstić information content (AvgIpc) is 2.90. The van der Waals surface area contributed by atoms with Crippen LogP contribution in [0.5, 0.6) is 0 Å². The van der Waals surface area contributed by atoms with Crippen LogP contribution in [0.15, 0.2) is 22.7 Å². The highest BCUT2D eigenvalue weighted by Crippen LogP contribution is 2.31. The van der Waals surface area contributed by atoms with E-state index < -0.39 is 0 Å². The molecule has 0 amide bonds. The van der Waals surface area contributed by atoms with Crippen LogP contribution < -0.4 is 5.32 Å². The third kappa shape index (κ3) is 4.25. The molecule has 1 N–H and O–H groups in total. The summed E-state index contributed by atoms with van der Waals surface area (Å²) in [5.41, 5.74) is 2.22. The molecule has 1 atom stereocenters. The Morgan fingerprint density at radius 2 is 2.14 bits per heavy atom. The first-order chi connectivity index (χ1) is 10.0. The van der Waals surface area contributed by atoms with Gasteiger partial charge in [-0.3, -0.25) is 0 Å². The quantitative estimate of drug-likeness (QED) is 0.759. The number of likely N-dealkylation sites (N-methyl/N-ethyl adjacent to an activating group) is 1. The van der Waals surface area contributed by atoms with Crippen molar-refractivity contribution in [1.82, 2.24) is 14.9 Å². The van der Waals surface area contributed by atoms with Gasteiger partial charge in [-0.25, -0.2) is 0 Å². The first-order valence-corrected chi connectivity index (χ1v) is 8.96. The molecular weight excluding hydrogens is 370 g/mol. The molecule has 0 aliphatic carbocycles. The monoisotopic (exact) mass is 387 g/mol. The molecule has 0 radical (unpaired) electrons. The van der Waals surface area contributed by atoms with E-state index in [1.165, 1.54) is 16.4 Å². The number of halogens is 2. The van der Waals surface area contributed by atoms with E-state index in [2.05, 4.69) is 57.7 Å². The Morgan fingerprint density at radius 1 is 1.38 bits per heavy atom. The van der Waals surface area contributed by atoms with Gasteiger partial charge in [-0.15, -0.1) is 5.10 Å². The van der Waals surface area contributed by atoms with Crippen LogP contribution in [0, 0.1) is 0 Å². The van der Waals surface area contributed by atoms with E-state index in [0.29, 0.717) is 5.92 Å². The molecule has 0 saturated carbocycles. The number of hydrogen-bond acceptors (Lipinski definition) is 4. The normalized spacial score (nSPS) is 12.9. The Morgan fingerprint density at radius 3 is 2.76 bits per heavy atom. The van der Waals surface area contributed by atoms with Crippen molar-refractivity contribution >= 4 is 39.1 Å². The van der Waals surface area contributed by atoms with Gasteiger partial charge in [-0.2, -0.15) is 0 Å². The zero-order valence-corrected chi connectivity index (χ0v) is 15.5. The van der Waals surface area contributed by atoms with Crippen molar-refractivity contribution in [3.63, 3.8) is 0 Å². The number of aromatic nitrogens is 2. The molecule has 1 aromatic carbocycles. The van der Waals surface area contributed by atoms with Crippen molar-refractivity contribution < 1.29 is 0 Å². The fourth-order valence-electron chi connectivity index (χ4n) is 2.26. The Bertz CT molecular complexity index is 600. The molecule has 0 fully saturated rings. The number of nitrogens with zero attached hydrogens (tertiary/aromatic N) is 2. The van der Waals surface area contributed by atoms with Gasteiger partial charge >= 0.3 is 0 Å². The van der Waals surface area contributed by atoms with E-state index in [1.54, 1.807) is 0 Å². The minimum atomic E-state index is 0.200. The maximum Gasteiger partial charge on any atom is 0.0829 e. The van der Waals surface area contributed by atoms with Crippen LogP contribution >= 0.6 is 39.1 Å².